The molecule has 2 rings (SSSR count). The summed E-state index contributed by atoms with van der Waals surface area (Å²) in [6, 6.07) is 4.06. The Kier molecular flexibility index (Phi) is 6.42. The summed E-state index contributed by atoms with van der Waals surface area (Å²) in [4.78, 5) is 14.2. The molecule has 1 heterocycles. The highest BCUT2D eigenvalue weighted by molar-refractivity contribution is 6.30. The van der Waals surface area contributed by atoms with Crippen LogP contribution in [0.2, 0.25) is 5.02 Å². The van der Waals surface area contributed by atoms with E-state index < -0.39 is 11.7 Å². The van der Waals surface area contributed by atoms with Crippen molar-refractivity contribution in [2.24, 2.45) is 0 Å². The molecule has 1 fully saturated rings. The summed E-state index contributed by atoms with van der Waals surface area (Å²) < 4.78 is 18.8. The third kappa shape index (κ3) is 5.26. The van der Waals surface area contributed by atoms with E-state index in [4.69, 9.17) is 16.3 Å². The van der Waals surface area contributed by atoms with Crippen molar-refractivity contribution in [3.63, 3.8) is 0 Å². The van der Waals surface area contributed by atoms with Crippen LogP contribution in [0.3, 0.4) is 0 Å². The molecule has 0 spiro atoms. The van der Waals surface area contributed by atoms with Gasteiger partial charge in [0.15, 0.2) is 0 Å². The van der Waals surface area contributed by atoms with E-state index in [0.717, 1.165) is 51.8 Å². The summed E-state index contributed by atoms with van der Waals surface area (Å²) in [5.74, 6) is -0.983. The minimum absolute atomic E-state index is 0.0348. The molecule has 1 amide bonds. The van der Waals surface area contributed by atoms with Gasteiger partial charge in [0, 0.05) is 24.7 Å². The number of ether oxygens (including phenoxy) is 1. The van der Waals surface area contributed by atoms with Gasteiger partial charge in [-0.05, 0) is 37.6 Å². The third-order valence-electron chi connectivity index (χ3n) is 3.47. The Balaban J connectivity index is 1.64. The van der Waals surface area contributed by atoms with Gasteiger partial charge >= 0.3 is 0 Å². The number of nitrogens with zero attached hydrogens (tertiary/aromatic N) is 1. The minimum Gasteiger partial charge on any atom is -0.379 e. The quantitative estimate of drug-likeness (QED) is 0.819. The summed E-state index contributed by atoms with van der Waals surface area (Å²) in [5, 5.41) is 3.02. The van der Waals surface area contributed by atoms with Crippen molar-refractivity contribution in [1.82, 2.24) is 10.2 Å². The van der Waals surface area contributed by atoms with Crippen LogP contribution in [-0.2, 0) is 4.74 Å². The zero-order valence-electron chi connectivity index (χ0n) is 11.9. The van der Waals surface area contributed by atoms with Gasteiger partial charge in [0.25, 0.3) is 5.91 Å². The van der Waals surface area contributed by atoms with Crippen LogP contribution in [0.15, 0.2) is 18.2 Å². The van der Waals surface area contributed by atoms with Crippen molar-refractivity contribution in [2.75, 3.05) is 39.4 Å². The normalized spacial score (nSPS) is 15.9. The molecule has 0 aromatic heterocycles. The number of hydrogen-bond donors (Lipinski definition) is 1. The van der Waals surface area contributed by atoms with Gasteiger partial charge in [-0.2, -0.15) is 0 Å². The molecule has 0 radical (unpaired) electrons. The van der Waals surface area contributed by atoms with Gasteiger partial charge < -0.3 is 10.1 Å². The third-order valence-corrected chi connectivity index (χ3v) is 3.70. The van der Waals surface area contributed by atoms with E-state index in [0.29, 0.717) is 6.54 Å². The topological polar surface area (TPSA) is 41.6 Å². The fourth-order valence-corrected chi connectivity index (χ4v) is 2.41. The van der Waals surface area contributed by atoms with Crippen LogP contribution in [0.4, 0.5) is 4.39 Å². The molecule has 1 aliphatic rings. The lowest BCUT2D eigenvalue weighted by Crippen LogP contribution is -2.37. The van der Waals surface area contributed by atoms with Gasteiger partial charge in [0.1, 0.15) is 5.82 Å². The van der Waals surface area contributed by atoms with Crippen molar-refractivity contribution in [2.45, 2.75) is 12.8 Å². The molecular weight excluding hydrogens is 295 g/mol. The first-order chi connectivity index (χ1) is 10.2. The van der Waals surface area contributed by atoms with Gasteiger partial charge in [0.05, 0.1) is 18.8 Å². The zero-order chi connectivity index (χ0) is 15.1. The standard InChI is InChI=1S/C15H20ClFN2O2/c16-12-3-4-13(14(17)11-12)15(20)18-5-1-2-6-19-7-9-21-10-8-19/h3-4,11H,1-2,5-10H2,(H,18,20). The summed E-state index contributed by atoms with van der Waals surface area (Å²) >= 11 is 5.66. The van der Waals surface area contributed by atoms with Crippen LogP contribution in [0.1, 0.15) is 23.2 Å². The Morgan fingerprint density at radius 2 is 2.10 bits per heavy atom. The number of carbonyl (C=O) groups excluding carboxylic acids is 1. The van der Waals surface area contributed by atoms with Crippen molar-refractivity contribution >= 4 is 17.5 Å². The highest BCUT2D eigenvalue weighted by Crippen LogP contribution is 2.14. The SMILES string of the molecule is O=C(NCCCCN1CCOCC1)c1ccc(Cl)cc1F. The predicted octanol–water partition coefficient (Wildman–Crippen LogP) is 2.32. The molecule has 116 valence electrons. The van der Waals surface area contributed by atoms with Crippen LogP contribution in [0.5, 0.6) is 0 Å². The Bertz CT molecular complexity index is 479. The first-order valence-corrected chi connectivity index (χ1v) is 7.58. The average molecular weight is 315 g/mol. The molecule has 0 bridgehead atoms. The van der Waals surface area contributed by atoms with Gasteiger partial charge in [-0.25, -0.2) is 4.39 Å². The van der Waals surface area contributed by atoms with Crippen molar-refractivity contribution in [3.8, 4) is 0 Å². The highest BCUT2D eigenvalue weighted by Gasteiger charge is 2.12. The summed E-state index contributed by atoms with van der Waals surface area (Å²) in [6.07, 6.45) is 1.88. The molecule has 0 aliphatic carbocycles. The second-order valence-corrected chi connectivity index (χ2v) is 5.48. The van der Waals surface area contributed by atoms with Crippen molar-refractivity contribution < 1.29 is 13.9 Å². The molecule has 1 N–H and O–H groups in total. The summed E-state index contributed by atoms with van der Waals surface area (Å²) in [7, 11) is 0. The van der Waals surface area contributed by atoms with Gasteiger partial charge in [-0.1, -0.05) is 11.6 Å². The Morgan fingerprint density at radius 3 is 2.81 bits per heavy atom. The number of nitrogens with one attached hydrogen (secondary N) is 1. The van der Waals surface area contributed by atoms with Crippen molar-refractivity contribution in [1.29, 1.82) is 0 Å². The number of rotatable bonds is 6. The van der Waals surface area contributed by atoms with Crippen LogP contribution < -0.4 is 5.32 Å². The largest absolute Gasteiger partial charge is 0.379 e. The number of hydrogen-bond acceptors (Lipinski definition) is 3. The Hall–Kier alpha value is -1.17. The minimum atomic E-state index is -0.590. The smallest absolute Gasteiger partial charge is 0.254 e. The molecule has 21 heavy (non-hydrogen) atoms. The number of benzene rings is 1. The maximum Gasteiger partial charge on any atom is 0.254 e. The molecule has 1 aromatic carbocycles. The van der Waals surface area contributed by atoms with E-state index >= 15 is 0 Å². The van der Waals surface area contributed by atoms with Gasteiger partial charge in [-0.15, -0.1) is 0 Å². The van der Waals surface area contributed by atoms with Crippen LogP contribution >= 0.6 is 11.6 Å². The van der Waals surface area contributed by atoms with Crippen LogP contribution in [0, 0.1) is 5.82 Å². The maximum absolute atomic E-state index is 13.6. The summed E-state index contributed by atoms with van der Waals surface area (Å²) in [6.45, 7) is 5.10. The highest BCUT2D eigenvalue weighted by atomic mass is 35.5. The number of carbonyl (C=O) groups is 1. The molecular formula is C15H20ClFN2O2. The fraction of sp³-hybridized carbons (Fsp3) is 0.533. The first kappa shape index (κ1) is 16.2. The fourth-order valence-electron chi connectivity index (χ4n) is 2.26. The zero-order valence-corrected chi connectivity index (χ0v) is 12.7. The van der Waals surface area contributed by atoms with Crippen molar-refractivity contribution in [3.05, 3.63) is 34.6 Å². The number of morpholine rings is 1. The number of unbranched alkanes of at least 4 members (excludes halogenated alkanes) is 1. The van der Waals surface area contributed by atoms with Crippen LogP contribution in [0.25, 0.3) is 0 Å². The van der Waals surface area contributed by atoms with Crippen LogP contribution in [-0.4, -0.2) is 50.2 Å². The molecule has 1 saturated heterocycles. The maximum atomic E-state index is 13.6. The average Bonchev–Trinajstić information content (AvgIpc) is 2.47. The van der Waals surface area contributed by atoms with E-state index in [2.05, 4.69) is 10.2 Å². The predicted molar refractivity (Wildman–Crippen MR) is 80.2 cm³/mol. The second-order valence-electron chi connectivity index (χ2n) is 5.04. The lowest BCUT2D eigenvalue weighted by atomic mass is 10.2. The Labute approximate surface area is 129 Å². The van der Waals surface area contributed by atoms with E-state index in [9.17, 15) is 9.18 Å². The molecule has 0 unspecified atom stereocenters. The Morgan fingerprint density at radius 1 is 1.33 bits per heavy atom. The second kappa shape index (κ2) is 8.32. The summed E-state index contributed by atoms with van der Waals surface area (Å²) in [5.41, 5.74) is 0.0348. The number of halogens is 2. The molecule has 1 aliphatic heterocycles. The molecule has 6 heteroatoms. The van der Waals surface area contributed by atoms with Gasteiger partial charge in [0.2, 0.25) is 0 Å². The first-order valence-electron chi connectivity index (χ1n) is 7.20. The lowest BCUT2D eigenvalue weighted by molar-refractivity contribution is 0.0372. The molecule has 4 nitrogen and oxygen atoms in total. The van der Waals surface area contributed by atoms with E-state index in [1.807, 2.05) is 0 Å². The monoisotopic (exact) mass is 314 g/mol. The molecule has 0 saturated carbocycles. The molecule has 1 aromatic rings. The number of amides is 1. The van der Waals surface area contributed by atoms with E-state index in [1.165, 1.54) is 12.1 Å². The van der Waals surface area contributed by atoms with E-state index in [-0.39, 0.29) is 10.6 Å². The van der Waals surface area contributed by atoms with Gasteiger partial charge in [-0.3, -0.25) is 9.69 Å². The lowest BCUT2D eigenvalue weighted by Gasteiger charge is -2.26. The molecule has 0 atom stereocenters. The van der Waals surface area contributed by atoms with E-state index in [1.54, 1.807) is 0 Å².